The summed E-state index contributed by atoms with van der Waals surface area (Å²) in [6.45, 7) is 6.24. The van der Waals surface area contributed by atoms with Gasteiger partial charge in [0, 0.05) is 19.1 Å². The van der Waals surface area contributed by atoms with Crippen molar-refractivity contribution in [1.82, 2.24) is 9.97 Å². The Hall–Kier alpha value is -3.37. The fourth-order valence-electron chi connectivity index (χ4n) is 2.96. The topological polar surface area (TPSA) is 120 Å². The number of aliphatic hydroxyl groups is 1. The lowest BCUT2D eigenvalue weighted by Gasteiger charge is -2.19. The number of hydrogen-bond donors (Lipinski definition) is 2. The molecule has 0 bridgehead atoms. The summed E-state index contributed by atoms with van der Waals surface area (Å²) in [4.78, 5) is 8.25. The summed E-state index contributed by atoms with van der Waals surface area (Å²) in [5, 5.41) is 9.06. The number of sulfonamides is 1. The Balaban J connectivity index is 1.96. The summed E-state index contributed by atoms with van der Waals surface area (Å²) >= 11 is 0. The Morgan fingerprint density at radius 1 is 1.03 bits per heavy atom. The van der Waals surface area contributed by atoms with Crippen molar-refractivity contribution in [3.8, 4) is 23.1 Å². The molecule has 0 aliphatic heterocycles. The van der Waals surface area contributed by atoms with E-state index in [2.05, 4.69) is 35.5 Å². The molecular formula is C24H29N3O6S. The van der Waals surface area contributed by atoms with Crippen LogP contribution in [0.2, 0.25) is 0 Å². The molecule has 0 aliphatic rings. The molecule has 0 amide bonds. The van der Waals surface area contributed by atoms with Crippen LogP contribution in [-0.4, -0.2) is 43.8 Å². The molecule has 0 aliphatic carbocycles. The van der Waals surface area contributed by atoms with Gasteiger partial charge in [-0.1, -0.05) is 39.0 Å². The van der Waals surface area contributed by atoms with Crippen molar-refractivity contribution in [3.05, 3.63) is 60.4 Å². The molecule has 0 atom stereocenters. The average molecular weight is 488 g/mol. The van der Waals surface area contributed by atoms with Crippen molar-refractivity contribution in [2.75, 3.05) is 25.0 Å². The van der Waals surface area contributed by atoms with E-state index >= 15 is 0 Å². The molecule has 2 N–H and O–H groups in total. The van der Waals surface area contributed by atoms with Crippen LogP contribution in [0.5, 0.6) is 23.1 Å². The van der Waals surface area contributed by atoms with Gasteiger partial charge in [-0.25, -0.2) is 13.4 Å². The van der Waals surface area contributed by atoms with Crippen LogP contribution in [0.15, 0.2) is 59.8 Å². The van der Waals surface area contributed by atoms with E-state index in [0.717, 1.165) is 5.56 Å². The number of hydrogen-bond acceptors (Lipinski definition) is 8. The van der Waals surface area contributed by atoms with Gasteiger partial charge in [-0.3, -0.25) is 4.72 Å². The fraction of sp³-hybridized carbons (Fsp3) is 0.333. The second-order valence-electron chi connectivity index (χ2n) is 8.44. The standard InChI is InChI=1S/C24H29N3O6S/c1-24(2,3)17-9-11-20(12-10-17)34(29,30)27-22-21(23(26-16-25-22)32-14-6-13-28)33-19-8-5-7-18(15-19)31-4/h5,7-12,15-16,28H,6,13-14H2,1-4H3,(H,25,26,27). The highest BCUT2D eigenvalue weighted by Crippen LogP contribution is 2.37. The van der Waals surface area contributed by atoms with E-state index in [1.165, 1.54) is 13.4 Å². The largest absolute Gasteiger partial charge is 0.497 e. The van der Waals surface area contributed by atoms with Crippen LogP contribution in [0.4, 0.5) is 5.82 Å². The minimum atomic E-state index is -3.99. The SMILES string of the molecule is COc1cccc(Oc2c(NS(=O)(=O)c3ccc(C(C)(C)C)cc3)ncnc2OCCCO)c1. The Labute approximate surface area is 199 Å². The third-order valence-electron chi connectivity index (χ3n) is 4.84. The third-order valence-corrected chi connectivity index (χ3v) is 6.19. The predicted molar refractivity (Wildman–Crippen MR) is 128 cm³/mol. The lowest BCUT2D eigenvalue weighted by molar-refractivity contribution is 0.224. The summed E-state index contributed by atoms with van der Waals surface area (Å²) in [5.41, 5.74) is 0.899. The molecule has 10 heteroatoms. The van der Waals surface area contributed by atoms with Gasteiger partial charge in [0.15, 0.2) is 5.82 Å². The van der Waals surface area contributed by atoms with Gasteiger partial charge in [0.2, 0.25) is 5.75 Å². The molecule has 3 aromatic rings. The van der Waals surface area contributed by atoms with Crippen molar-refractivity contribution < 1.29 is 27.7 Å². The van der Waals surface area contributed by atoms with E-state index in [1.807, 2.05) is 0 Å². The molecule has 2 aromatic carbocycles. The monoisotopic (exact) mass is 487 g/mol. The molecule has 3 rings (SSSR count). The predicted octanol–water partition coefficient (Wildman–Crippen LogP) is 4.14. The van der Waals surface area contributed by atoms with Crippen molar-refractivity contribution in [1.29, 1.82) is 0 Å². The second-order valence-corrected chi connectivity index (χ2v) is 10.1. The maximum atomic E-state index is 13.1. The number of nitrogens with one attached hydrogen (secondary N) is 1. The van der Waals surface area contributed by atoms with Gasteiger partial charge in [-0.05, 0) is 35.2 Å². The van der Waals surface area contributed by atoms with Crippen molar-refractivity contribution in [3.63, 3.8) is 0 Å². The van der Waals surface area contributed by atoms with Crippen molar-refractivity contribution in [2.45, 2.75) is 37.5 Å². The minimum Gasteiger partial charge on any atom is -0.497 e. The van der Waals surface area contributed by atoms with E-state index in [1.54, 1.807) is 48.5 Å². The lowest BCUT2D eigenvalue weighted by atomic mass is 9.87. The van der Waals surface area contributed by atoms with Crippen LogP contribution >= 0.6 is 0 Å². The summed E-state index contributed by atoms with van der Waals surface area (Å²) in [6, 6.07) is 13.4. The van der Waals surface area contributed by atoms with E-state index < -0.39 is 10.0 Å². The smallest absolute Gasteiger partial charge is 0.263 e. The van der Waals surface area contributed by atoms with Crippen molar-refractivity contribution in [2.24, 2.45) is 0 Å². The number of benzene rings is 2. The first kappa shape index (κ1) is 25.3. The Kier molecular flexibility index (Phi) is 7.95. The molecule has 0 saturated heterocycles. The van der Waals surface area contributed by atoms with Crippen molar-refractivity contribution >= 4 is 15.8 Å². The van der Waals surface area contributed by atoms with Gasteiger partial charge in [0.25, 0.3) is 15.9 Å². The molecule has 0 saturated carbocycles. The quantitative estimate of drug-likeness (QED) is 0.410. The van der Waals surface area contributed by atoms with Gasteiger partial charge in [-0.15, -0.1) is 0 Å². The Morgan fingerprint density at radius 3 is 2.38 bits per heavy atom. The molecule has 34 heavy (non-hydrogen) atoms. The first-order valence-electron chi connectivity index (χ1n) is 10.7. The molecule has 1 heterocycles. The average Bonchev–Trinajstić information content (AvgIpc) is 2.80. The summed E-state index contributed by atoms with van der Waals surface area (Å²) < 4.78 is 45.5. The molecule has 1 aromatic heterocycles. The van der Waals surface area contributed by atoms with Crippen LogP contribution in [0, 0.1) is 0 Å². The van der Waals surface area contributed by atoms with Crippen LogP contribution < -0.4 is 18.9 Å². The minimum absolute atomic E-state index is 0.0106. The van der Waals surface area contributed by atoms with Gasteiger partial charge in [-0.2, -0.15) is 4.98 Å². The number of methoxy groups -OCH3 is 1. The van der Waals surface area contributed by atoms with Gasteiger partial charge < -0.3 is 19.3 Å². The van der Waals surface area contributed by atoms with Crippen LogP contribution in [-0.2, 0) is 15.4 Å². The maximum absolute atomic E-state index is 13.1. The summed E-state index contributed by atoms with van der Waals surface area (Å²) in [6.07, 6.45) is 1.54. The zero-order chi connectivity index (χ0) is 24.8. The van der Waals surface area contributed by atoms with Crippen LogP contribution in [0.3, 0.4) is 0 Å². The van der Waals surface area contributed by atoms with E-state index in [-0.39, 0.29) is 41.0 Å². The summed E-state index contributed by atoms with van der Waals surface area (Å²) in [5.74, 6) is 0.863. The molecular weight excluding hydrogens is 458 g/mol. The molecule has 0 radical (unpaired) electrons. The Bertz CT molecular complexity index is 1210. The highest BCUT2D eigenvalue weighted by Gasteiger charge is 2.23. The number of aromatic nitrogens is 2. The molecule has 0 unspecified atom stereocenters. The highest BCUT2D eigenvalue weighted by molar-refractivity contribution is 7.92. The number of aliphatic hydroxyl groups excluding tert-OH is 1. The molecule has 182 valence electrons. The van der Waals surface area contributed by atoms with Gasteiger partial charge in [0.1, 0.15) is 17.8 Å². The zero-order valence-electron chi connectivity index (χ0n) is 19.6. The Morgan fingerprint density at radius 2 is 1.74 bits per heavy atom. The van der Waals surface area contributed by atoms with Crippen LogP contribution in [0.25, 0.3) is 0 Å². The molecule has 0 fully saturated rings. The van der Waals surface area contributed by atoms with Gasteiger partial charge in [0.05, 0.1) is 18.6 Å². The first-order chi connectivity index (χ1) is 16.1. The highest BCUT2D eigenvalue weighted by atomic mass is 32.2. The van der Waals surface area contributed by atoms with E-state index in [4.69, 9.17) is 19.3 Å². The number of anilines is 1. The van der Waals surface area contributed by atoms with E-state index in [9.17, 15) is 8.42 Å². The normalized spacial score (nSPS) is 11.7. The maximum Gasteiger partial charge on any atom is 0.263 e. The molecule has 9 nitrogen and oxygen atoms in total. The zero-order valence-corrected chi connectivity index (χ0v) is 20.4. The van der Waals surface area contributed by atoms with Gasteiger partial charge >= 0.3 is 0 Å². The number of nitrogens with zero attached hydrogens (tertiary/aromatic N) is 2. The number of ether oxygens (including phenoxy) is 3. The van der Waals surface area contributed by atoms with E-state index in [0.29, 0.717) is 17.9 Å². The summed E-state index contributed by atoms with van der Waals surface area (Å²) in [7, 11) is -2.46. The first-order valence-corrected chi connectivity index (χ1v) is 12.2. The van der Waals surface area contributed by atoms with Crippen LogP contribution in [0.1, 0.15) is 32.8 Å². The lowest BCUT2D eigenvalue weighted by Crippen LogP contribution is -2.16. The number of rotatable bonds is 10. The molecule has 0 spiro atoms. The third kappa shape index (κ3) is 6.36. The second kappa shape index (κ2) is 10.7. The fourth-order valence-corrected chi connectivity index (χ4v) is 3.97.